The van der Waals surface area contributed by atoms with E-state index in [0.29, 0.717) is 5.82 Å². The largest absolute Gasteiger partial charge is 0.494 e. The Morgan fingerprint density at radius 2 is 1.90 bits per heavy atom. The smallest absolute Gasteiger partial charge is 0.287 e. The van der Waals surface area contributed by atoms with Crippen LogP contribution >= 0.6 is 0 Å². The molecule has 1 aromatic carbocycles. The van der Waals surface area contributed by atoms with Gasteiger partial charge in [0, 0.05) is 32.2 Å². The quantitative estimate of drug-likeness (QED) is 0.279. The Hall–Kier alpha value is -4.21. The maximum Gasteiger partial charge on any atom is 0.287 e. The molecule has 3 aromatic rings. The molecule has 0 atom stereocenters. The summed E-state index contributed by atoms with van der Waals surface area (Å²) in [5.74, 6) is 1.17. The van der Waals surface area contributed by atoms with Crippen molar-refractivity contribution in [3.05, 3.63) is 82.8 Å². The van der Waals surface area contributed by atoms with Crippen molar-refractivity contribution in [2.75, 3.05) is 19.6 Å². The Labute approximate surface area is 174 Å². The van der Waals surface area contributed by atoms with Crippen molar-refractivity contribution in [2.45, 2.75) is 6.92 Å². The monoisotopic (exact) mass is 409 g/mol. The van der Waals surface area contributed by atoms with Gasteiger partial charge in [-0.25, -0.2) is 4.98 Å². The molecule has 10 heteroatoms. The van der Waals surface area contributed by atoms with E-state index >= 15 is 0 Å². The number of anilines is 1. The van der Waals surface area contributed by atoms with E-state index in [2.05, 4.69) is 37.4 Å². The van der Waals surface area contributed by atoms with E-state index in [4.69, 9.17) is 4.74 Å². The number of ether oxygens (including phenoxy) is 1. The van der Waals surface area contributed by atoms with Gasteiger partial charge in [-0.1, -0.05) is 18.2 Å². The molecule has 0 bridgehead atoms. The van der Waals surface area contributed by atoms with Gasteiger partial charge >= 0.3 is 0 Å². The highest BCUT2D eigenvalue weighted by atomic mass is 16.6. The third-order valence-electron chi connectivity index (χ3n) is 3.25. The standard InChI is InChI=1S/C8H10N2O.C6H6N4O2.C6H7N/c1-9-10-7-5-3-4-6-8(7)11-2;1-7-9-6-3-2-5(4-8-6)10(11)12;1-6-3-2-4-7-5-6/h3-6H,1-2H3;2-4H,1H2,(H,8,9);2-5H,1H3. The summed E-state index contributed by atoms with van der Waals surface area (Å²) in [6, 6.07) is 14.2. The molecule has 0 saturated heterocycles. The van der Waals surface area contributed by atoms with Gasteiger partial charge in [-0.2, -0.15) is 15.3 Å². The van der Waals surface area contributed by atoms with Crippen LogP contribution in [-0.2, 0) is 0 Å². The van der Waals surface area contributed by atoms with Crippen molar-refractivity contribution >= 4 is 23.9 Å². The minimum Gasteiger partial charge on any atom is -0.494 e. The third kappa shape index (κ3) is 9.13. The molecule has 2 heterocycles. The Kier molecular flexibility index (Phi) is 11.0. The molecule has 1 N–H and O–H groups in total. The number of hydrazone groups is 1. The molecule has 0 saturated carbocycles. The molecule has 0 radical (unpaired) electrons. The number of benzene rings is 1. The zero-order chi connectivity index (χ0) is 22.2. The van der Waals surface area contributed by atoms with Crippen molar-refractivity contribution in [3.8, 4) is 5.75 Å². The van der Waals surface area contributed by atoms with E-state index < -0.39 is 4.92 Å². The van der Waals surface area contributed by atoms with Crippen LogP contribution in [0.5, 0.6) is 5.75 Å². The first-order valence-corrected chi connectivity index (χ1v) is 8.63. The number of aryl methyl sites for hydroxylation is 1. The van der Waals surface area contributed by atoms with Gasteiger partial charge in [-0.05, 0) is 36.8 Å². The van der Waals surface area contributed by atoms with Crippen LogP contribution in [0.1, 0.15) is 5.56 Å². The maximum atomic E-state index is 10.2. The summed E-state index contributed by atoms with van der Waals surface area (Å²) in [7, 11) is 3.25. The van der Waals surface area contributed by atoms with Gasteiger partial charge in [-0.15, -0.1) is 0 Å². The highest BCUT2D eigenvalue weighted by Crippen LogP contribution is 2.25. The summed E-state index contributed by atoms with van der Waals surface area (Å²) in [4.78, 5) is 17.3. The van der Waals surface area contributed by atoms with Gasteiger partial charge in [0.05, 0.1) is 12.0 Å². The summed E-state index contributed by atoms with van der Waals surface area (Å²) in [5.41, 5.74) is 4.37. The lowest BCUT2D eigenvalue weighted by atomic mass is 10.3. The zero-order valence-electron chi connectivity index (χ0n) is 17.0. The molecule has 30 heavy (non-hydrogen) atoms. The maximum absolute atomic E-state index is 10.2. The fourth-order valence-corrected chi connectivity index (χ4v) is 1.91. The number of rotatable bonds is 5. The number of methoxy groups -OCH3 is 1. The molecule has 10 nitrogen and oxygen atoms in total. The van der Waals surface area contributed by atoms with Crippen LogP contribution in [0, 0.1) is 17.0 Å². The van der Waals surface area contributed by atoms with Gasteiger partial charge < -0.3 is 4.74 Å². The topological polar surface area (TPSA) is 127 Å². The first-order chi connectivity index (χ1) is 14.5. The van der Waals surface area contributed by atoms with E-state index in [1.54, 1.807) is 20.4 Å². The molecular formula is C20H23N7O3. The Morgan fingerprint density at radius 3 is 2.37 bits per heavy atom. The minimum atomic E-state index is -0.516. The summed E-state index contributed by atoms with van der Waals surface area (Å²) in [6.45, 7) is 5.20. The van der Waals surface area contributed by atoms with Crippen LogP contribution in [0.3, 0.4) is 0 Å². The molecule has 0 spiro atoms. The van der Waals surface area contributed by atoms with Crippen molar-refractivity contribution in [2.24, 2.45) is 15.3 Å². The predicted octanol–water partition coefficient (Wildman–Crippen LogP) is 4.82. The van der Waals surface area contributed by atoms with Gasteiger partial charge in [0.2, 0.25) is 0 Å². The number of pyridine rings is 2. The van der Waals surface area contributed by atoms with Crippen molar-refractivity contribution in [1.82, 2.24) is 9.97 Å². The van der Waals surface area contributed by atoms with Crippen molar-refractivity contribution < 1.29 is 9.66 Å². The molecule has 0 unspecified atom stereocenters. The normalized spacial score (nSPS) is 9.43. The van der Waals surface area contributed by atoms with E-state index in [-0.39, 0.29) is 5.69 Å². The molecule has 0 aliphatic rings. The van der Waals surface area contributed by atoms with Crippen molar-refractivity contribution in [3.63, 3.8) is 0 Å². The average molecular weight is 409 g/mol. The van der Waals surface area contributed by atoms with Gasteiger partial charge in [0.1, 0.15) is 23.5 Å². The number of hydrogen-bond donors (Lipinski definition) is 1. The number of nitrogens with one attached hydrogen (secondary N) is 1. The lowest BCUT2D eigenvalue weighted by Gasteiger charge is -2.00. The van der Waals surface area contributed by atoms with Crippen LogP contribution in [0.4, 0.5) is 17.2 Å². The predicted molar refractivity (Wildman–Crippen MR) is 116 cm³/mol. The van der Waals surface area contributed by atoms with E-state index in [9.17, 15) is 10.1 Å². The van der Waals surface area contributed by atoms with E-state index in [1.165, 1.54) is 17.7 Å². The molecule has 156 valence electrons. The SMILES string of the molecule is C=NNc1ccc([N+](=O)[O-])cn1.CN=Nc1ccccc1OC.Cc1cccnc1. The fraction of sp³-hybridized carbons (Fsp3) is 0.150. The van der Waals surface area contributed by atoms with Crippen LogP contribution in [0.2, 0.25) is 0 Å². The van der Waals surface area contributed by atoms with Crippen LogP contribution in [0.25, 0.3) is 0 Å². The summed E-state index contributed by atoms with van der Waals surface area (Å²) in [5, 5.41) is 21.1. The number of azo groups is 1. The summed E-state index contributed by atoms with van der Waals surface area (Å²) < 4.78 is 5.04. The van der Waals surface area contributed by atoms with E-state index in [1.807, 2.05) is 49.5 Å². The molecule has 3 rings (SSSR count). The molecule has 0 aliphatic heterocycles. The Balaban J connectivity index is 0.000000232. The number of nitro groups is 1. The van der Waals surface area contributed by atoms with Crippen molar-refractivity contribution in [1.29, 1.82) is 0 Å². The second-order valence-electron chi connectivity index (χ2n) is 5.43. The second kappa shape index (κ2) is 13.9. The first kappa shape index (κ1) is 23.8. The lowest BCUT2D eigenvalue weighted by Crippen LogP contribution is -1.92. The molecule has 0 aliphatic carbocycles. The van der Waals surface area contributed by atoms with Crippen LogP contribution in [0.15, 0.2) is 82.5 Å². The first-order valence-electron chi connectivity index (χ1n) is 8.63. The average Bonchev–Trinajstić information content (AvgIpc) is 2.76. The number of aromatic nitrogens is 2. The summed E-state index contributed by atoms with van der Waals surface area (Å²) in [6.07, 6.45) is 4.75. The van der Waals surface area contributed by atoms with Crippen LogP contribution < -0.4 is 10.2 Å². The fourth-order valence-electron chi connectivity index (χ4n) is 1.91. The number of hydrogen-bond acceptors (Lipinski definition) is 9. The Morgan fingerprint density at radius 1 is 1.13 bits per heavy atom. The lowest BCUT2D eigenvalue weighted by molar-refractivity contribution is -0.385. The number of nitrogens with zero attached hydrogens (tertiary/aromatic N) is 6. The minimum absolute atomic E-state index is 0.0513. The van der Waals surface area contributed by atoms with Crippen LogP contribution in [-0.4, -0.2) is 35.8 Å². The molecule has 2 aromatic heterocycles. The van der Waals surface area contributed by atoms with Gasteiger partial charge in [0.15, 0.2) is 0 Å². The highest BCUT2D eigenvalue weighted by Gasteiger charge is 2.03. The summed E-state index contributed by atoms with van der Waals surface area (Å²) >= 11 is 0. The molecule has 0 fully saturated rings. The van der Waals surface area contributed by atoms with Gasteiger partial charge in [0.25, 0.3) is 5.69 Å². The zero-order valence-corrected chi connectivity index (χ0v) is 17.0. The third-order valence-corrected chi connectivity index (χ3v) is 3.25. The Bertz CT molecular complexity index is 933. The van der Waals surface area contributed by atoms with Gasteiger partial charge in [-0.3, -0.25) is 20.5 Å². The van der Waals surface area contributed by atoms with E-state index in [0.717, 1.165) is 17.6 Å². The highest BCUT2D eigenvalue weighted by molar-refractivity contribution is 5.50. The number of para-hydroxylation sites is 1. The second-order valence-corrected chi connectivity index (χ2v) is 5.43. The molecule has 0 amide bonds. The molecular weight excluding hydrogens is 386 g/mol.